The zero-order chi connectivity index (χ0) is 22.9. The molecule has 0 aliphatic carbocycles. The summed E-state index contributed by atoms with van der Waals surface area (Å²) in [4.78, 5) is 31.5. The number of H-pyrrole nitrogens is 1. The minimum absolute atomic E-state index is 0.110. The van der Waals surface area contributed by atoms with E-state index in [-0.39, 0.29) is 11.9 Å². The van der Waals surface area contributed by atoms with E-state index in [2.05, 4.69) is 20.3 Å². The second-order valence-corrected chi connectivity index (χ2v) is 9.44. The van der Waals surface area contributed by atoms with Gasteiger partial charge in [-0.3, -0.25) is 4.79 Å². The second kappa shape index (κ2) is 9.21. The number of nitrogens with zero attached hydrogens (tertiary/aromatic N) is 4. The number of imidazole rings is 1. The molecule has 5 rings (SSSR count). The number of hydrogen-bond acceptors (Lipinski definition) is 6. The van der Waals surface area contributed by atoms with Crippen LogP contribution in [-0.4, -0.2) is 55.8 Å². The molecule has 2 N–H and O–H groups in total. The summed E-state index contributed by atoms with van der Waals surface area (Å²) >= 11 is 14.4. The number of rotatable bonds is 6. The molecule has 0 saturated carbocycles. The molecule has 7 nitrogen and oxygen atoms in total. The lowest BCUT2D eigenvalue weighted by Gasteiger charge is -2.19. The lowest BCUT2D eigenvalue weighted by molar-refractivity contribution is 0.0800. The monoisotopic (exact) mass is 498 g/mol. The van der Waals surface area contributed by atoms with Crippen molar-refractivity contribution in [3.63, 3.8) is 0 Å². The zero-order valence-corrected chi connectivity index (χ0v) is 20.0. The standard InChI is InChI=1S/C23H20Cl2N6OS/c1-33-11-20(22-28-17-5-4-13(24)8-19(17)29-22)30-21-15-9-16(25)14(10-18(15)26-12-27-21)23(32)31-6-2-3-7-31/h2-5,8-10,12,20H,6-7,11H2,1H3,(H,28,29)(H,26,27,30). The largest absolute Gasteiger partial charge is 0.359 e. The highest BCUT2D eigenvalue weighted by Gasteiger charge is 2.22. The number of hydrogen-bond donors (Lipinski definition) is 2. The number of aromatic nitrogens is 4. The molecule has 33 heavy (non-hydrogen) atoms. The fraction of sp³-hybridized carbons (Fsp3) is 0.217. The van der Waals surface area contributed by atoms with E-state index in [0.717, 1.165) is 28.0 Å². The number of halogens is 2. The van der Waals surface area contributed by atoms with Gasteiger partial charge in [-0.15, -0.1) is 0 Å². The predicted octanol–water partition coefficient (Wildman–Crippen LogP) is 5.34. The van der Waals surface area contributed by atoms with E-state index in [9.17, 15) is 4.79 Å². The van der Waals surface area contributed by atoms with Gasteiger partial charge in [0.15, 0.2) is 0 Å². The molecule has 2 aromatic carbocycles. The first-order valence-corrected chi connectivity index (χ1v) is 12.5. The highest BCUT2D eigenvalue weighted by molar-refractivity contribution is 7.98. The minimum atomic E-state index is -0.139. The van der Waals surface area contributed by atoms with Crippen molar-refractivity contribution in [2.75, 3.05) is 30.4 Å². The summed E-state index contributed by atoms with van der Waals surface area (Å²) in [7, 11) is 0. The second-order valence-electron chi connectivity index (χ2n) is 7.69. The van der Waals surface area contributed by atoms with Crippen LogP contribution < -0.4 is 5.32 Å². The molecule has 2 aromatic heterocycles. The quantitative estimate of drug-likeness (QED) is 0.348. The van der Waals surface area contributed by atoms with Gasteiger partial charge in [-0.1, -0.05) is 35.4 Å². The number of aromatic amines is 1. The maximum atomic E-state index is 12.9. The van der Waals surface area contributed by atoms with Gasteiger partial charge in [-0.2, -0.15) is 11.8 Å². The van der Waals surface area contributed by atoms with Crippen LogP contribution in [0.25, 0.3) is 21.9 Å². The van der Waals surface area contributed by atoms with Crippen molar-refractivity contribution in [3.8, 4) is 0 Å². The molecule has 1 amide bonds. The van der Waals surface area contributed by atoms with Crippen molar-refractivity contribution in [3.05, 3.63) is 70.2 Å². The number of benzene rings is 2. The van der Waals surface area contributed by atoms with Gasteiger partial charge in [0, 0.05) is 29.3 Å². The summed E-state index contributed by atoms with van der Waals surface area (Å²) in [5, 5.41) is 5.25. The van der Waals surface area contributed by atoms with E-state index in [1.54, 1.807) is 28.8 Å². The highest BCUT2D eigenvalue weighted by Crippen LogP contribution is 2.31. The Morgan fingerprint density at radius 2 is 2.00 bits per heavy atom. The van der Waals surface area contributed by atoms with E-state index in [1.165, 1.54) is 6.33 Å². The third-order valence-electron chi connectivity index (χ3n) is 5.50. The van der Waals surface area contributed by atoms with Gasteiger partial charge in [-0.05, 0) is 36.6 Å². The van der Waals surface area contributed by atoms with Crippen LogP contribution in [-0.2, 0) is 0 Å². The van der Waals surface area contributed by atoms with Crippen LogP contribution >= 0.6 is 35.0 Å². The molecule has 1 atom stereocenters. The zero-order valence-electron chi connectivity index (χ0n) is 17.7. The van der Waals surface area contributed by atoms with Crippen molar-refractivity contribution in [1.82, 2.24) is 24.8 Å². The molecule has 168 valence electrons. The minimum Gasteiger partial charge on any atom is -0.359 e. The summed E-state index contributed by atoms with van der Waals surface area (Å²) in [6.45, 7) is 1.17. The SMILES string of the molecule is CSCC(Nc1ncnc2cc(C(=O)N3CC=CC3)c(Cl)cc12)c1nc2ccc(Cl)cc2[nH]1. The van der Waals surface area contributed by atoms with Crippen molar-refractivity contribution in [1.29, 1.82) is 0 Å². The van der Waals surface area contributed by atoms with Gasteiger partial charge >= 0.3 is 0 Å². The van der Waals surface area contributed by atoms with Crippen molar-refractivity contribution >= 4 is 68.6 Å². The van der Waals surface area contributed by atoms with E-state index >= 15 is 0 Å². The molecule has 3 heterocycles. The van der Waals surface area contributed by atoms with Crippen molar-refractivity contribution in [2.45, 2.75) is 6.04 Å². The fourth-order valence-corrected chi connectivity index (χ4v) is 4.85. The first-order chi connectivity index (χ1) is 16.0. The van der Waals surface area contributed by atoms with Crippen LogP contribution in [0.2, 0.25) is 10.0 Å². The Bertz CT molecular complexity index is 1380. The molecule has 0 saturated heterocycles. The van der Waals surface area contributed by atoms with Gasteiger partial charge in [0.1, 0.15) is 18.0 Å². The van der Waals surface area contributed by atoms with Crippen LogP contribution in [0.3, 0.4) is 0 Å². The number of fused-ring (bicyclic) bond motifs is 2. The smallest absolute Gasteiger partial charge is 0.256 e. The predicted molar refractivity (Wildman–Crippen MR) is 135 cm³/mol. The maximum Gasteiger partial charge on any atom is 0.256 e. The lowest BCUT2D eigenvalue weighted by Crippen LogP contribution is -2.28. The fourth-order valence-electron chi connectivity index (χ4n) is 3.86. The van der Waals surface area contributed by atoms with Gasteiger partial charge in [0.2, 0.25) is 0 Å². The Kier molecular flexibility index (Phi) is 6.14. The summed E-state index contributed by atoms with van der Waals surface area (Å²) < 4.78 is 0. The Hall–Kier alpha value is -2.81. The first-order valence-electron chi connectivity index (χ1n) is 10.3. The molecular weight excluding hydrogens is 479 g/mol. The molecule has 1 aliphatic heterocycles. The van der Waals surface area contributed by atoms with Gasteiger partial charge in [0.05, 0.1) is 33.2 Å². The third kappa shape index (κ3) is 4.38. The number of amides is 1. The number of anilines is 1. The average molecular weight is 499 g/mol. The molecule has 0 radical (unpaired) electrons. The Balaban J connectivity index is 1.49. The Labute approximate surface area is 204 Å². The highest BCUT2D eigenvalue weighted by atomic mass is 35.5. The Morgan fingerprint density at radius 1 is 1.18 bits per heavy atom. The normalized spacial score (nSPS) is 14.3. The molecular formula is C23H20Cl2N6OS. The molecule has 0 bridgehead atoms. The summed E-state index contributed by atoms with van der Waals surface area (Å²) in [6.07, 6.45) is 7.46. The molecule has 1 unspecified atom stereocenters. The van der Waals surface area contributed by atoms with Crippen molar-refractivity contribution in [2.24, 2.45) is 0 Å². The van der Waals surface area contributed by atoms with E-state index in [1.807, 2.05) is 36.6 Å². The summed E-state index contributed by atoms with van der Waals surface area (Å²) in [6, 6.07) is 8.92. The third-order valence-corrected chi connectivity index (χ3v) is 6.71. The van der Waals surface area contributed by atoms with E-state index in [0.29, 0.717) is 40.0 Å². The van der Waals surface area contributed by atoms with Crippen LogP contribution in [0.1, 0.15) is 22.2 Å². The number of thioether (sulfide) groups is 1. The number of nitrogens with one attached hydrogen (secondary N) is 2. The molecule has 0 fully saturated rings. The topological polar surface area (TPSA) is 86.8 Å². The average Bonchev–Trinajstić information content (AvgIpc) is 3.48. The van der Waals surface area contributed by atoms with Crippen LogP contribution in [0, 0.1) is 0 Å². The molecule has 4 aromatic rings. The molecule has 1 aliphatic rings. The summed E-state index contributed by atoms with van der Waals surface area (Å²) in [5.41, 5.74) is 2.80. The van der Waals surface area contributed by atoms with Crippen molar-refractivity contribution < 1.29 is 4.79 Å². The van der Waals surface area contributed by atoms with Crippen LogP contribution in [0.4, 0.5) is 5.82 Å². The van der Waals surface area contributed by atoms with E-state index in [4.69, 9.17) is 28.2 Å². The van der Waals surface area contributed by atoms with Gasteiger partial charge in [0.25, 0.3) is 5.91 Å². The van der Waals surface area contributed by atoms with Crippen LogP contribution in [0.5, 0.6) is 0 Å². The van der Waals surface area contributed by atoms with Gasteiger partial charge in [-0.25, -0.2) is 15.0 Å². The summed E-state index contributed by atoms with van der Waals surface area (Å²) in [5.74, 6) is 2.06. The molecule has 0 spiro atoms. The Morgan fingerprint density at radius 3 is 2.79 bits per heavy atom. The van der Waals surface area contributed by atoms with Crippen LogP contribution in [0.15, 0.2) is 48.8 Å². The molecule has 10 heteroatoms. The maximum absolute atomic E-state index is 12.9. The van der Waals surface area contributed by atoms with Gasteiger partial charge < -0.3 is 15.2 Å². The van der Waals surface area contributed by atoms with E-state index < -0.39 is 0 Å². The number of carbonyl (C=O) groups is 1. The first kappa shape index (κ1) is 22.0. The lowest BCUT2D eigenvalue weighted by atomic mass is 10.1. The number of carbonyl (C=O) groups excluding carboxylic acids is 1.